The molecule has 0 aliphatic rings. The van der Waals surface area contributed by atoms with E-state index in [-0.39, 0.29) is 0 Å². The minimum Gasteiger partial charge on any atom is -0.330 e. The van der Waals surface area contributed by atoms with E-state index in [0.717, 1.165) is 31.7 Å². The highest BCUT2D eigenvalue weighted by molar-refractivity contribution is 7.99. The predicted molar refractivity (Wildman–Crippen MR) is 73.5 cm³/mol. The Morgan fingerprint density at radius 1 is 1.00 bits per heavy atom. The minimum atomic E-state index is 0.661. The van der Waals surface area contributed by atoms with Crippen molar-refractivity contribution in [1.29, 1.82) is 0 Å². The summed E-state index contributed by atoms with van der Waals surface area (Å²) in [4.78, 5) is 0. The molecule has 16 heavy (non-hydrogen) atoms. The number of thioether (sulfide) groups is 1. The van der Waals surface area contributed by atoms with E-state index >= 15 is 0 Å². The molecule has 0 amide bonds. The van der Waals surface area contributed by atoms with Gasteiger partial charge in [0.05, 0.1) is 0 Å². The van der Waals surface area contributed by atoms with Gasteiger partial charge in [0.1, 0.15) is 0 Å². The summed E-state index contributed by atoms with van der Waals surface area (Å²) >= 11 is 2.00. The molecule has 4 N–H and O–H groups in total. The molecule has 90 valence electrons. The van der Waals surface area contributed by atoms with Crippen LogP contribution in [0.25, 0.3) is 0 Å². The average Bonchev–Trinajstić information content (AvgIpc) is 2.34. The molecular formula is C13H22N2S. The second-order valence-corrected chi connectivity index (χ2v) is 5.22. The molecule has 0 radical (unpaired) electrons. The molecule has 1 aromatic carbocycles. The Labute approximate surface area is 103 Å². The van der Waals surface area contributed by atoms with Crippen molar-refractivity contribution in [3.63, 3.8) is 0 Å². The molecule has 1 rings (SSSR count). The lowest BCUT2D eigenvalue weighted by molar-refractivity contribution is 0.668. The van der Waals surface area contributed by atoms with Gasteiger partial charge < -0.3 is 11.5 Å². The van der Waals surface area contributed by atoms with Crippen LogP contribution in [0.3, 0.4) is 0 Å². The molecule has 1 aromatic rings. The lowest BCUT2D eigenvalue weighted by Crippen LogP contribution is -2.13. The second-order valence-electron chi connectivity index (χ2n) is 3.93. The average molecular weight is 238 g/mol. The Kier molecular flexibility index (Phi) is 7.30. The van der Waals surface area contributed by atoms with Gasteiger partial charge in [0.15, 0.2) is 0 Å². The highest BCUT2D eigenvalue weighted by Gasteiger charge is 2.07. The summed E-state index contributed by atoms with van der Waals surface area (Å²) in [6.45, 7) is 1.56. The molecule has 0 aliphatic heterocycles. The molecule has 0 aromatic heterocycles. The fourth-order valence-electron chi connectivity index (χ4n) is 1.63. The highest BCUT2D eigenvalue weighted by Crippen LogP contribution is 2.23. The summed E-state index contributed by atoms with van der Waals surface area (Å²) in [5.41, 5.74) is 12.6. The SMILES string of the molecule is NCCCC(CCN)SCc1ccccc1. The van der Waals surface area contributed by atoms with Gasteiger partial charge in [-0.25, -0.2) is 0 Å². The Morgan fingerprint density at radius 3 is 2.38 bits per heavy atom. The molecule has 2 nitrogen and oxygen atoms in total. The third-order valence-electron chi connectivity index (χ3n) is 2.55. The fourth-order valence-corrected chi connectivity index (χ4v) is 2.89. The number of rotatable bonds is 8. The monoisotopic (exact) mass is 238 g/mol. The fraction of sp³-hybridized carbons (Fsp3) is 0.538. The van der Waals surface area contributed by atoms with E-state index in [1.165, 1.54) is 12.0 Å². The van der Waals surface area contributed by atoms with Crippen molar-refractivity contribution in [1.82, 2.24) is 0 Å². The largest absolute Gasteiger partial charge is 0.330 e. The van der Waals surface area contributed by atoms with Crippen molar-refractivity contribution in [2.45, 2.75) is 30.3 Å². The quantitative estimate of drug-likeness (QED) is 0.731. The smallest absolute Gasteiger partial charge is 0.0187 e. The lowest BCUT2D eigenvalue weighted by Gasteiger charge is -2.15. The highest BCUT2D eigenvalue weighted by atomic mass is 32.2. The summed E-state index contributed by atoms with van der Waals surface area (Å²) in [6.07, 6.45) is 3.38. The number of hydrogen-bond donors (Lipinski definition) is 2. The molecule has 0 saturated heterocycles. The van der Waals surface area contributed by atoms with Crippen LogP contribution in [0.4, 0.5) is 0 Å². The number of nitrogens with two attached hydrogens (primary N) is 2. The van der Waals surface area contributed by atoms with Crippen molar-refractivity contribution in [3.05, 3.63) is 35.9 Å². The first-order valence-corrected chi connectivity index (χ1v) is 6.97. The molecule has 1 unspecified atom stereocenters. The van der Waals surface area contributed by atoms with Crippen LogP contribution < -0.4 is 11.5 Å². The van der Waals surface area contributed by atoms with Crippen LogP contribution in [-0.4, -0.2) is 18.3 Å². The molecule has 0 bridgehead atoms. The maximum atomic E-state index is 5.63. The maximum absolute atomic E-state index is 5.63. The van der Waals surface area contributed by atoms with Crippen molar-refractivity contribution in [3.8, 4) is 0 Å². The molecule has 0 saturated carbocycles. The molecule has 1 atom stereocenters. The van der Waals surface area contributed by atoms with E-state index in [4.69, 9.17) is 11.5 Å². The number of benzene rings is 1. The van der Waals surface area contributed by atoms with Crippen LogP contribution in [0, 0.1) is 0 Å². The molecule has 0 heterocycles. The van der Waals surface area contributed by atoms with Crippen molar-refractivity contribution in [2.24, 2.45) is 11.5 Å². The number of hydrogen-bond acceptors (Lipinski definition) is 3. The summed E-state index contributed by atoms with van der Waals surface area (Å²) in [6, 6.07) is 10.6. The summed E-state index contributed by atoms with van der Waals surface area (Å²) < 4.78 is 0. The van der Waals surface area contributed by atoms with E-state index in [2.05, 4.69) is 30.3 Å². The van der Waals surface area contributed by atoms with Crippen LogP contribution in [0.1, 0.15) is 24.8 Å². The van der Waals surface area contributed by atoms with Crippen LogP contribution in [0.2, 0.25) is 0 Å². The van der Waals surface area contributed by atoms with Gasteiger partial charge in [0.2, 0.25) is 0 Å². The van der Waals surface area contributed by atoms with Crippen molar-refractivity contribution < 1.29 is 0 Å². The first kappa shape index (κ1) is 13.6. The van der Waals surface area contributed by atoms with E-state index in [0.29, 0.717) is 5.25 Å². The Hall–Kier alpha value is -0.510. The van der Waals surface area contributed by atoms with Crippen LogP contribution >= 0.6 is 11.8 Å². The molecule has 0 spiro atoms. The first-order valence-electron chi connectivity index (χ1n) is 5.92. The molecule has 3 heteroatoms. The van der Waals surface area contributed by atoms with E-state index in [1.807, 2.05) is 11.8 Å². The lowest BCUT2D eigenvalue weighted by atomic mass is 10.2. The minimum absolute atomic E-state index is 0.661. The van der Waals surface area contributed by atoms with Crippen molar-refractivity contribution >= 4 is 11.8 Å². The molecular weight excluding hydrogens is 216 g/mol. The summed E-state index contributed by atoms with van der Waals surface area (Å²) in [5.74, 6) is 1.08. The Balaban J connectivity index is 2.31. The van der Waals surface area contributed by atoms with Gasteiger partial charge >= 0.3 is 0 Å². The Bertz CT molecular complexity index is 264. The van der Waals surface area contributed by atoms with Gasteiger partial charge in [0.25, 0.3) is 0 Å². The second kappa shape index (κ2) is 8.62. The zero-order valence-corrected chi connectivity index (χ0v) is 10.6. The van der Waals surface area contributed by atoms with Crippen LogP contribution in [-0.2, 0) is 5.75 Å². The molecule has 0 fully saturated rings. The van der Waals surface area contributed by atoms with E-state index in [1.54, 1.807) is 0 Å². The third-order valence-corrected chi connectivity index (χ3v) is 3.99. The zero-order chi connectivity index (χ0) is 11.6. The predicted octanol–water partition coefficient (Wildman–Crippen LogP) is 2.38. The van der Waals surface area contributed by atoms with Gasteiger partial charge in [-0.3, -0.25) is 0 Å². The standard InChI is InChI=1S/C13H22N2S/c14-9-4-7-13(8-10-15)16-11-12-5-2-1-3-6-12/h1-3,5-6,13H,4,7-11,14-15H2. The topological polar surface area (TPSA) is 52.0 Å². The van der Waals surface area contributed by atoms with Crippen LogP contribution in [0.5, 0.6) is 0 Å². The van der Waals surface area contributed by atoms with Gasteiger partial charge in [-0.05, 0) is 37.9 Å². The normalized spacial score (nSPS) is 12.6. The maximum Gasteiger partial charge on any atom is 0.0187 e. The van der Waals surface area contributed by atoms with Crippen LogP contribution in [0.15, 0.2) is 30.3 Å². The van der Waals surface area contributed by atoms with Crippen molar-refractivity contribution in [2.75, 3.05) is 13.1 Å². The zero-order valence-electron chi connectivity index (χ0n) is 9.77. The third kappa shape index (κ3) is 5.54. The molecule has 0 aliphatic carbocycles. The summed E-state index contributed by atoms with van der Waals surface area (Å²) in [5, 5.41) is 0.661. The van der Waals surface area contributed by atoms with E-state index in [9.17, 15) is 0 Å². The van der Waals surface area contributed by atoms with Gasteiger partial charge in [-0.2, -0.15) is 11.8 Å². The van der Waals surface area contributed by atoms with Gasteiger partial charge in [-0.1, -0.05) is 30.3 Å². The van der Waals surface area contributed by atoms with Gasteiger partial charge in [-0.15, -0.1) is 0 Å². The Morgan fingerprint density at radius 2 is 1.75 bits per heavy atom. The van der Waals surface area contributed by atoms with Gasteiger partial charge in [0, 0.05) is 11.0 Å². The first-order chi connectivity index (χ1) is 7.86. The van der Waals surface area contributed by atoms with E-state index < -0.39 is 0 Å². The summed E-state index contributed by atoms with van der Waals surface area (Å²) in [7, 11) is 0.